The summed E-state index contributed by atoms with van der Waals surface area (Å²) in [4.78, 5) is 5.41. The van der Waals surface area contributed by atoms with Crippen LogP contribution in [0.15, 0.2) is 309 Å². The van der Waals surface area contributed by atoms with Gasteiger partial charge in [0.05, 0.1) is 21.8 Å². The van der Waals surface area contributed by atoms with Crippen molar-refractivity contribution in [2.45, 2.75) is 0 Å². The Bertz CT molecular complexity index is 5660. The van der Waals surface area contributed by atoms with Crippen LogP contribution in [-0.2, 0) is 0 Å². The number of hydrogen-bond acceptors (Lipinski definition) is 3. The second-order valence-electron chi connectivity index (χ2n) is 23.8. The predicted molar refractivity (Wildman–Crippen MR) is 380 cm³/mol. The fourth-order valence-electron chi connectivity index (χ4n) is 15.3. The molecule has 0 fully saturated rings. The second kappa shape index (κ2) is 19.2. The fourth-order valence-corrected chi connectivity index (χ4v) is 16.6. The van der Waals surface area contributed by atoms with Crippen LogP contribution in [-0.4, -0.2) is 6.71 Å². The summed E-state index contributed by atoms with van der Waals surface area (Å²) in [5.41, 5.74) is 20.4. The normalized spacial score (nSPS) is 12.7. The topological polar surface area (TPSA) is 6.48 Å². The van der Waals surface area contributed by atoms with E-state index in [0.29, 0.717) is 0 Å². The highest BCUT2D eigenvalue weighted by molar-refractivity contribution is 7.26. The Kier molecular flexibility index (Phi) is 10.8. The van der Waals surface area contributed by atoms with Crippen molar-refractivity contribution in [2.24, 2.45) is 0 Å². The Morgan fingerprint density at radius 2 is 0.659 bits per heavy atom. The first-order valence-corrected chi connectivity index (χ1v) is 31.3. The van der Waals surface area contributed by atoms with Gasteiger partial charge in [0.1, 0.15) is 0 Å². The lowest BCUT2D eigenvalue weighted by atomic mass is 9.33. The molecule has 2 aliphatic rings. The van der Waals surface area contributed by atoms with Gasteiger partial charge in [-0.3, -0.25) is 0 Å². The van der Waals surface area contributed by atoms with Crippen LogP contribution in [0.5, 0.6) is 0 Å². The molecule has 2 nitrogen and oxygen atoms in total. The summed E-state index contributed by atoms with van der Waals surface area (Å²) in [6.07, 6.45) is 0. The Balaban J connectivity index is 1.01. The summed E-state index contributed by atoms with van der Waals surface area (Å²) in [6.45, 7) is -0.222. The standard InChI is InChI=1S/C84H51BN2S/c1-3-21-52(22-4-1)64-43-39-54-25-7-13-31-62(54)81(64)86-76-45-41-58(71-47-56-27-9-11-29-60(56)66-33-15-17-35-68(66)71)49-74(76)85-75-50-59(72-48-57-28-10-12-30-61(57)67-34-16-18-36-69(67)72)42-46-77(75)87(83-80(85)78(86)51-73-70-37-19-20-38-79(70)88-84(73)83)82-63-32-14-8-26-55(63)40-44-65(82)53-23-5-2-6-24-53/h1-51H. The lowest BCUT2D eigenvalue weighted by Crippen LogP contribution is -2.61. The maximum atomic E-state index is 2.72. The molecule has 0 atom stereocenters. The number of benzene rings is 16. The molecule has 0 saturated carbocycles. The molecule has 0 N–H and O–H groups in total. The summed E-state index contributed by atoms with van der Waals surface area (Å²) in [5.74, 6) is 0. The summed E-state index contributed by atoms with van der Waals surface area (Å²) in [6, 6.07) is 117. The van der Waals surface area contributed by atoms with Crippen LogP contribution in [0.25, 0.3) is 129 Å². The van der Waals surface area contributed by atoms with Crippen LogP contribution in [0, 0.1) is 0 Å². The SMILES string of the molecule is c1ccc(-c2ccc3ccccc3c2N2c3ccc(-c4cc5ccccc5c5ccccc45)cc3B3c4cc(-c5cc6ccccc6c6ccccc56)ccc4N(c4c(-c5ccccc5)ccc5ccccc45)c4c3c2cc2c4sc3ccccc32)cc1. The van der Waals surface area contributed by atoms with E-state index in [1.807, 2.05) is 11.3 Å². The van der Waals surface area contributed by atoms with Gasteiger partial charge in [0, 0.05) is 54.4 Å². The van der Waals surface area contributed by atoms with Crippen molar-refractivity contribution in [3.05, 3.63) is 309 Å². The summed E-state index contributed by atoms with van der Waals surface area (Å²) in [7, 11) is 0. The summed E-state index contributed by atoms with van der Waals surface area (Å²) >= 11 is 1.93. The van der Waals surface area contributed by atoms with Crippen molar-refractivity contribution in [3.63, 3.8) is 0 Å². The molecule has 0 saturated heterocycles. The van der Waals surface area contributed by atoms with Crippen LogP contribution in [0.3, 0.4) is 0 Å². The van der Waals surface area contributed by atoms with Gasteiger partial charge in [0.2, 0.25) is 0 Å². The van der Waals surface area contributed by atoms with E-state index in [0.717, 1.165) is 5.69 Å². The van der Waals surface area contributed by atoms with Gasteiger partial charge in [0.15, 0.2) is 0 Å². The fraction of sp³-hybridized carbons (Fsp3) is 0. The largest absolute Gasteiger partial charge is 0.310 e. The van der Waals surface area contributed by atoms with Crippen molar-refractivity contribution < 1.29 is 0 Å². The maximum Gasteiger partial charge on any atom is 0.252 e. The first-order valence-electron chi connectivity index (χ1n) is 30.5. The van der Waals surface area contributed by atoms with Gasteiger partial charge < -0.3 is 9.80 Å². The van der Waals surface area contributed by atoms with Crippen LogP contribution >= 0.6 is 11.3 Å². The van der Waals surface area contributed by atoms with Crippen molar-refractivity contribution in [1.29, 1.82) is 0 Å². The Labute approximate surface area is 513 Å². The van der Waals surface area contributed by atoms with Crippen LogP contribution in [0.1, 0.15) is 0 Å². The number of nitrogens with zero attached hydrogens (tertiary/aromatic N) is 2. The van der Waals surface area contributed by atoms with E-state index in [2.05, 4.69) is 319 Å². The van der Waals surface area contributed by atoms with Crippen molar-refractivity contribution in [3.8, 4) is 44.5 Å². The lowest BCUT2D eigenvalue weighted by Gasteiger charge is -2.45. The van der Waals surface area contributed by atoms with Gasteiger partial charge in [-0.2, -0.15) is 0 Å². The Hall–Kier alpha value is -11.0. The molecule has 0 spiro atoms. The van der Waals surface area contributed by atoms with E-state index in [9.17, 15) is 0 Å². The highest BCUT2D eigenvalue weighted by Crippen LogP contribution is 2.56. The third kappa shape index (κ3) is 7.24. The van der Waals surface area contributed by atoms with E-state index in [1.165, 1.54) is 174 Å². The summed E-state index contributed by atoms with van der Waals surface area (Å²) in [5, 5.41) is 17.3. The van der Waals surface area contributed by atoms with Gasteiger partial charge in [-0.15, -0.1) is 11.3 Å². The molecule has 16 aromatic carbocycles. The first kappa shape index (κ1) is 49.2. The lowest BCUT2D eigenvalue weighted by molar-refractivity contribution is 1.28. The molecule has 3 heterocycles. The van der Waals surface area contributed by atoms with Crippen LogP contribution in [0.4, 0.5) is 34.1 Å². The third-order valence-electron chi connectivity index (χ3n) is 19.1. The molecule has 0 bridgehead atoms. The van der Waals surface area contributed by atoms with Crippen LogP contribution < -0.4 is 26.2 Å². The van der Waals surface area contributed by atoms with E-state index in [4.69, 9.17) is 0 Å². The maximum absolute atomic E-state index is 2.72. The first-order chi connectivity index (χ1) is 43.7. The second-order valence-corrected chi connectivity index (χ2v) is 24.8. The minimum Gasteiger partial charge on any atom is -0.310 e. The van der Waals surface area contributed by atoms with E-state index >= 15 is 0 Å². The van der Waals surface area contributed by atoms with Gasteiger partial charge >= 0.3 is 0 Å². The molecule has 19 rings (SSSR count). The average molecular weight is 1130 g/mol. The molecule has 4 heteroatoms. The van der Waals surface area contributed by atoms with Gasteiger partial charge in [-0.1, -0.05) is 273 Å². The highest BCUT2D eigenvalue weighted by Gasteiger charge is 2.46. The zero-order valence-corrected chi connectivity index (χ0v) is 48.6. The highest BCUT2D eigenvalue weighted by atomic mass is 32.1. The summed E-state index contributed by atoms with van der Waals surface area (Å²) < 4.78 is 2.54. The molecule has 0 radical (unpaired) electrons. The molecule has 88 heavy (non-hydrogen) atoms. The van der Waals surface area contributed by atoms with E-state index in [1.54, 1.807) is 0 Å². The zero-order valence-electron chi connectivity index (χ0n) is 47.8. The Morgan fingerprint density at radius 3 is 1.19 bits per heavy atom. The third-order valence-corrected chi connectivity index (χ3v) is 20.3. The number of fused-ring (bicyclic) bond motifs is 16. The molecular weight excluding hydrogens is 1080 g/mol. The average Bonchev–Trinajstić information content (AvgIpc) is 1.06. The van der Waals surface area contributed by atoms with Gasteiger partial charge in [-0.05, 0) is 140 Å². The minimum atomic E-state index is -0.222. The van der Waals surface area contributed by atoms with Crippen molar-refractivity contribution >= 4 is 153 Å². The molecule has 2 aliphatic heterocycles. The number of hydrogen-bond donors (Lipinski definition) is 0. The van der Waals surface area contributed by atoms with Crippen molar-refractivity contribution in [2.75, 3.05) is 9.80 Å². The van der Waals surface area contributed by atoms with Crippen LogP contribution in [0.2, 0.25) is 0 Å². The Morgan fingerprint density at radius 1 is 0.239 bits per heavy atom. The van der Waals surface area contributed by atoms with E-state index < -0.39 is 0 Å². The zero-order chi connectivity index (χ0) is 57.6. The van der Waals surface area contributed by atoms with Crippen molar-refractivity contribution in [1.82, 2.24) is 0 Å². The number of rotatable bonds is 6. The molecule has 0 amide bonds. The molecule has 406 valence electrons. The monoisotopic (exact) mass is 1130 g/mol. The van der Waals surface area contributed by atoms with Gasteiger partial charge in [0.25, 0.3) is 6.71 Å². The quantitative estimate of drug-likeness (QED) is 0.121. The number of anilines is 6. The predicted octanol–water partition coefficient (Wildman–Crippen LogP) is 21.7. The molecule has 0 aliphatic carbocycles. The van der Waals surface area contributed by atoms with Gasteiger partial charge in [-0.25, -0.2) is 0 Å². The molecular formula is C84H51BN2S. The minimum absolute atomic E-state index is 0.222. The molecule has 17 aromatic rings. The smallest absolute Gasteiger partial charge is 0.252 e. The van der Waals surface area contributed by atoms with E-state index in [-0.39, 0.29) is 6.71 Å². The number of thiophene rings is 1. The molecule has 0 unspecified atom stereocenters. The molecule has 1 aromatic heterocycles.